The van der Waals surface area contributed by atoms with E-state index in [2.05, 4.69) is 10.1 Å². The molecular weight excluding hydrogens is 325 g/mol. The lowest BCUT2D eigenvalue weighted by Crippen LogP contribution is -2.24. The third kappa shape index (κ3) is 2.67. The van der Waals surface area contributed by atoms with Gasteiger partial charge in [0.25, 0.3) is 5.91 Å². The minimum atomic E-state index is -0.517. The Kier molecular flexibility index (Phi) is 3.80. The van der Waals surface area contributed by atoms with Crippen LogP contribution >= 0.6 is 23.2 Å². The van der Waals surface area contributed by atoms with E-state index in [1.165, 1.54) is 6.20 Å². The summed E-state index contributed by atoms with van der Waals surface area (Å²) in [6.45, 7) is 0. The number of nitrogens with zero attached hydrogens (tertiary/aromatic N) is 3. The Labute approximate surface area is 136 Å². The highest BCUT2D eigenvalue weighted by Crippen LogP contribution is 2.44. The summed E-state index contributed by atoms with van der Waals surface area (Å²) in [5, 5.41) is 5.19. The van der Waals surface area contributed by atoms with Crippen LogP contribution in [0.4, 0.5) is 0 Å². The molecule has 3 rings (SSSR count). The molecule has 0 atom stereocenters. The first-order valence-corrected chi connectivity index (χ1v) is 7.41. The van der Waals surface area contributed by atoms with E-state index in [4.69, 9.17) is 34.7 Å². The molecule has 2 aromatic rings. The summed E-state index contributed by atoms with van der Waals surface area (Å²) >= 11 is 12.5. The monoisotopic (exact) mass is 337 g/mol. The van der Waals surface area contributed by atoms with Gasteiger partial charge in [-0.05, 0) is 25.0 Å². The van der Waals surface area contributed by atoms with Gasteiger partial charge in [0.15, 0.2) is 5.96 Å². The number of benzene rings is 1. The van der Waals surface area contributed by atoms with E-state index in [1.807, 2.05) is 0 Å². The summed E-state index contributed by atoms with van der Waals surface area (Å²) < 4.78 is 1.61. The zero-order valence-electron chi connectivity index (χ0n) is 11.5. The Bertz CT molecular complexity index is 755. The van der Waals surface area contributed by atoms with E-state index in [9.17, 15) is 4.79 Å². The molecule has 0 radical (unpaired) electrons. The molecular formula is C14H13Cl2N5O. The average Bonchev–Trinajstić information content (AvgIpc) is 3.18. The number of aliphatic imine (C=N–C) groups is 1. The molecule has 1 saturated carbocycles. The number of carbonyl (C=O) groups is 1. The second-order valence-corrected chi connectivity index (χ2v) is 5.86. The van der Waals surface area contributed by atoms with E-state index < -0.39 is 5.91 Å². The first-order chi connectivity index (χ1) is 10.5. The van der Waals surface area contributed by atoms with Crippen LogP contribution in [0.5, 0.6) is 0 Å². The maximum atomic E-state index is 12.2. The van der Waals surface area contributed by atoms with E-state index >= 15 is 0 Å². The lowest BCUT2D eigenvalue weighted by Gasteiger charge is -2.11. The molecule has 1 aromatic carbocycles. The van der Waals surface area contributed by atoms with Crippen molar-refractivity contribution in [2.24, 2.45) is 16.5 Å². The molecule has 1 aromatic heterocycles. The number of halogens is 2. The zero-order chi connectivity index (χ0) is 15.9. The van der Waals surface area contributed by atoms with Crippen molar-refractivity contribution >= 4 is 35.1 Å². The first-order valence-electron chi connectivity index (χ1n) is 6.65. The topological polar surface area (TPSA) is 99.3 Å². The Morgan fingerprint density at radius 3 is 2.45 bits per heavy atom. The first kappa shape index (κ1) is 14.9. The number of nitrogens with two attached hydrogens (primary N) is 2. The molecule has 1 fully saturated rings. The number of para-hydroxylation sites is 1. The van der Waals surface area contributed by atoms with E-state index in [0.717, 1.165) is 18.5 Å². The van der Waals surface area contributed by atoms with Gasteiger partial charge < -0.3 is 11.5 Å². The molecule has 1 aliphatic carbocycles. The van der Waals surface area contributed by atoms with Gasteiger partial charge in [-0.25, -0.2) is 4.68 Å². The van der Waals surface area contributed by atoms with Crippen LogP contribution in [-0.2, 0) is 0 Å². The van der Waals surface area contributed by atoms with E-state index in [0.29, 0.717) is 21.3 Å². The molecule has 0 bridgehead atoms. The fourth-order valence-corrected chi connectivity index (χ4v) is 2.88. The molecule has 1 amide bonds. The maximum Gasteiger partial charge on any atom is 0.283 e. The van der Waals surface area contributed by atoms with Crippen LogP contribution in [-0.4, -0.2) is 21.6 Å². The zero-order valence-corrected chi connectivity index (χ0v) is 13.0. The number of guanidine groups is 1. The van der Waals surface area contributed by atoms with Gasteiger partial charge in [0.2, 0.25) is 0 Å². The Morgan fingerprint density at radius 2 is 1.91 bits per heavy atom. The summed E-state index contributed by atoms with van der Waals surface area (Å²) in [5.41, 5.74) is 12.2. The summed E-state index contributed by atoms with van der Waals surface area (Å²) in [6.07, 6.45) is 3.38. The Balaban J connectivity index is 2.16. The molecule has 0 saturated heterocycles. The Hall–Kier alpha value is -2.05. The van der Waals surface area contributed by atoms with Crippen molar-refractivity contribution in [1.82, 2.24) is 9.78 Å². The van der Waals surface area contributed by atoms with Crippen molar-refractivity contribution < 1.29 is 4.79 Å². The number of rotatable bonds is 3. The third-order valence-electron chi connectivity index (χ3n) is 3.38. The molecule has 114 valence electrons. The van der Waals surface area contributed by atoms with Crippen molar-refractivity contribution in [3.63, 3.8) is 0 Å². The maximum absolute atomic E-state index is 12.2. The lowest BCUT2D eigenvalue weighted by molar-refractivity contribution is 0.100. The van der Waals surface area contributed by atoms with Crippen LogP contribution in [0.15, 0.2) is 29.4 Å². The molecule has 0 aliphatic heterocycles. The number of carbonyl (C=O) groups excluding carboxylic acids is 1. The summed E-state index contributed by atoms with van der Waals surface area (Å²) in [5.74, 6) is -0.574. The predicted molar refractivity (Wildman–Crippen MR) is 85.7 cm³/mol. The largest absolute Gasteiger partial charge is 0.370 e. The van der Waals surface area contributed by atoms with Gasteiger partial charge in [-0.3, -0.25) is 4.79 Å². The number of aromatic nitrogens is 2. The fourth-order valence-electron chi connectivity index (χ4n) is 2.32. The van der Waals surface area contributed by atoms with Gasteiger partial charge in [0.1, 0.15) is 5.69 Å². The number of hydrogen-bond donors (Lipinski definition) is 2. The summed E-state index contributed by atoms with van der Waals surface area (Å²) in [4.78, 5) is 15.7. The average molecular weight is 338 g/mol. The minimum absolute atomic E-state index is 0.225. The number of hydrogen-bond acceptors (Lipinski definition) is 2. The standard InChI is InChI=1S/C14H13Cl2N5O/c15-9-2-1-3-10(16)12(9)21-11(7-4-5-7)8(6-19-21)13(22)20-14(17)18/h1-3,6-7H,4-5H2,(H4,17,18,20,22). The molecule has 6 nitrogen and oxygen atoms in total. The predicted octanol–water partition coefficient (Wildman–Crippen LogP) is 2.47. The molecule has 4 N–H and O–H groups in total. The van der Waals surface area contributed by atoms with E-state index in [1.54, 1.807) is 22.9 Å². The van der Waals surface area contributed by atoms with Crippen LogP contribution in [0.25, 0.3) is 5.69 Å². The third-order valence-corrected chi connectivity index (χ3v) is 3.99. The van der Waals surface area contributed by atoms with Crippen molar-refractivity contribution in [2.75, 3.05) is 0 Å². The molecule has 22 heavy (non-hydrogen) atoms. The van der Waals surface area contributed by atoms with Gasteiger partial charge in [0, 0.05) is 5.92 Å². The highest BCUT2D eigenvalue weighted by Gasteiger charge is 2.33. The van der Waals surface area contributed by atoms with Crippen LogP contribution in [0.3, 0.4) is 0 Å². The van der Waals surface area contributed by atoms with Gasteiger partial charge >= 0.3 is 0 Å². The molecule has 1 aliphatic rings. The molecule has 0 unspecified atom stereocenters. The van der Waals surface area contributed by atoms with Crippen molar-refractivity contribution in [1.29, 1.82) is 0 Å². The second kappa shape index (κ2) is 5.62. The van der Waals surface area contributed by atoms with Crippen molar-refractivity contribution in [2.45, 2.75) is 18.8 Å². The van der Waals surface area contributed by atoms with Crippen molar-refractivity contribution in [3.05, 3.63) is 45.7 Å². The lowest BCUT2D eigenvalue weighted by atomic mass is 10.1. The highest BCUT2D eigenvalue weighted by atomic mass is 35.5. The van der Waals surface area contributed by atoms with E-state index in [-0.39, 0.29) is 11.9 Å². The summed E-state index contributed by atoms with van der Waals surface area (Å²) in [7, 11) is 0. The molecule has 1 heterocycles. The Morgan fingerprint density at radius 1 is 1.27 bits per heavy atom. The van der Waals surface area contributed by atoms with Crippen LogP contribution in [0.1, 0.15) is 34.8 Å². The number of amides is 1. The molecule has 0 spiro atoms. The van der Waals surface area contributed by atoms with Gasteiger partial charge in [0.05, 0.1) is 27.5 Å². The fraction of sp³-hybridized carbons (Fsp3) is 0.214. The van der Waals surface area contributed by atoms with Gasteiger partial charge in [-0.2, -0.15) is 10.1 Å². The van der Waals surface area contributed by atoms with Gasteiger partial charge in [-0.15, -0.1) is 0 Å². The minimum Gasteiger partial charge on any atom is -0.370 e. The quantitative estimate of drug-likeness (QED) is 0.663. The normalized spacial score (nSPS) is 13.9. The summed E-state index contributed by atoms with van der Waals surface area (Å²) in [6, 6.07) is 5.19. The van der Waals surface area contributed by atoms with Gasteiger partial charge in [-0.1, -0.05) is 29.3 Å². The molecule has 8 heteroatoms. The SMILES string of the molecule is NC(N)=NC(=O)c1cnn(-c2c(Cl)cccc2Cl)c1C1CC1. The van der Waals surface area contributed by atoms with Crippen molar-refractivity contribution in [3.8, 4) is 5.69 Å². The second-order valence-electron chi connectivity index (χ2n) is 5.04. The highest BCUT2D eigenvalue weighted by molar-refractivity contribution is 6.37. The van der Waals surface area contributed by atoms with Crippen LogP contribution < -0.4 is 11.5 Å². The van der Waals surface area contributed by atoms with Crippen LogP contribution in [0, 0.1) is 0 Å². The smallest absolute Gasteiger partial charge is 0.283 e. The van der Waals surface area contributed by atoms with Crippen LogP contribution in [0.2, 0.25) is 10.0 Å².